The van der Waals surface area contributed by atoms with Gasteiger partial charge in [-0.3, -0.25) is 0 Å². The lowest BCUT2D eigenvalue weighted by Gasteiger charge is -2.44. The summed E-state index contributed by atoms with van der Waals surface area (Å²) >= 11 is 0. The summed E-state index contributed by atoms with van der Waals surface area (Å²) in [5.41, 5.74) is 9.06. The highest BCUT2D eigenvalue weighted by atomic mass is 16.5. The zero-order valence-corrected chi connectivity index (χ0v) is 13.4. The van der Waals surface area contributed by atoms with E-state index >= 15 is 0 Å². The molecule has 2 aromatic rings. The summed E-state index contributed by atoms with van der Waals surface area (Å²) in [6, 6.07) is 16.5. The Morgan fingerprint density at radius 1 is 1.09 bits per heavy atom. The number of hydrogen-bond acceptors (Lipinski definition) is 3. The summed E-state index contributed by atoms with van der Waals surface area (Å²) in [5, 5.41) is 0. The van der Waals surface area contributed by atoms with Crippen LogP contribution < -0.4 is 15.4 Å². The minimum absolute atomic E-state index is 0.113. The number of nitrogen functional groups attached to an aromatic ring is 1. The number of fused-ring (bicyclic) bond motifs is 1. The Morgan fingerprint density at radius 3 is 2.50 bits per heavy atom. The molecule has 0 bridgehead atoms. The molecule has 0 spiro atoms. The Bertz CT molecular complexity index is 635. The lowest BCUT2D eigenvalue weighted by atomic mass is 9.93. The molecule has 116 valence electrons. The van der Waals surface area contributed by atoms with Gasteiger partial charge >= 0.3 is 0 Å². The summed E-state index contributed by atoms with van der Waals surface area (Å²) in [5.74, 6) is 0.945. The zero-order valence-electron chi connectivity index (χ0n) is 13.4. The maximum atomic E-state index is 6.34. The molecule has 0 aromatic heterocycles. The van der Waals surface area contributed by atoms with Crippen LogP contribution >= 0.6 is 0 Å². The second-order valence-electron chi connectivity index (χ2n) is 6.06. The maximum absolute atomic E-state index is 6.34. The first-order valence-electron chi connectivity index (χ1n) is 8.03. The highest BCUT2D eigenvalue weighted by molar-refractivity contribution is 5.66. The first-order chi connectivity index (χ1) is 10.7. The summed E-state index contributed by atoms with van der Waals surface area (Å²) in [6.07, 6.45) is 2.00. The van der Waals surface area contributed by atoms with Crippen LogP contribution in [0.25, 0.3) is 0 Å². The Morgan fingerprint density at radius 2 is 1.82 bits per heavy atom. The van der Waals surface area contributed by atoms with Crippen molar-refractivity contribution in [3.8, 4) is 5.75 Å². The van der Waals surface area contributed by atoms with Crippen molar-refractivity contribution in [3.05, 3.63) is 54.1 Å². The van der Waals surface area contributed by atoms with Gasteiger partial charge in [-0.25, -0.2) is 0 Å². The van der Waals surface area contributed by atoms with Crippen LogP contribution in [0.2, 0.25) is 0 Å². The molecule has 2 aromatic carbocycles. The van der Waals surface area contributed by atoms with Crippen molar-refractivity contribution in [2.75, 3.05) is 17.2 Å². The van der Waals surface area contributed by atoms with Crippen LogP contribution in [-0.4, -0.2) is 12.1 Å². The predicted octanol–water partition coefficient (Wildman–Crippen LogP) is 4.23. The monoisotopic (exact) mass is 296 g/mol. The van der Waals surface area contributed by atoms with Crippen molar-refractivity contribution in [1.29, 1.82) is 0 Å². The molecule has 3 nitrogen and oxygen atoms in total. The summed E-state index contributed by atoms with van der Waals surface area (Å²) in [4.78, 5) is 2.40. The maximum Gasteiger partial charge on any atom is 0.143 e. The van der Waals surface area contributed by atoms with E-state index in [0.29, 0.717) is 0 Å². The third-order valence-electron chi connectivity index (χ3n) is 4.63. The Labute approximate surface area is 132 Å². The van der Waals surface area contributed by atoms with Crippen LogP contribution in [-0.2, 0) is 6.54 Å². The fourth-order valence-corrected chi connectivity index (χ4v) is 3.13. The molecule has 0 amide bonds. The number of rotatable bonds is 4. The fraction of sp³-hybridized carbons (Fsp3) is 0.368. The molecule has 0 saturated carbocycles. The first-order valence-corrected chi connectivity index (χ1v) is 8.03. The smallest absolute Gasteiger partial charge is 0.143 e. The van der Waals surface area contributed by atoms with Gasteiger partial charge < -0.3 is 15.4 Å². The van der Waals surface area contributed by atoms with Gasteiger partial charge in [0.15, 0.2) is 0 Å². The van der Waals surface area contributed by atoms with E-state index in [1.807, 2.05) is 18.2 Å². The number of nitrogens with zero attached hydrogens (tertiary/aromatic N) is 1. The lowest BCUT2D eigenvalue weighted by molar-refractivity contribution is 0.0570. The number of nitrogens with two attached hydrogens (primary N) is 1. The van der Waals surface area contributed by atoms with Crippen molar-refractivity contribution in [1.82, 2.24) is 0 Å². The summed E-state index contributed by atoms with van der Waals surface area (Å²) in [7, 11) is 0. The minimum Gasteiger partial charge on any atom is -0.483 e. The molecule has 1 heterocycles. The van der Waals surface area contributed by atoms with E-state index in [1.54, 1.807) is 0 Å². The molecule has 0 aliphatic carbocycles. The molecule has 0 saturated heterocycles. The highest BCUT2D eigenvalue weighted by Gasteiger charge is 2.36. The number of anilines is 2. The average Bonchev–Trinajstić information content (AvgIpc) is 2.56. The molecular weight excluding hydrogens is 272 g/mol. The van der Waals surface area contributed by atoms with Crippen LogP contribution in [0.4, 0.5) is 11.4 Å². The van der Waals surface area contributed by atoms with E-state index in [1.165, 1.54) is 5.56 Å². The third kappa shape index (κ3) is 2.76. The van der Waals surface area contributed by atoms with Gasteiger partial charge in [-0.05, 0) is 36.6 Å². The quantitative estimate of drug-likeness (QED) is 0.858. The second kappa shape index (κ2) is 5.91. The largest absolute Gasteiger partial charge is 0.483 e. The average molecular weight is 296 g/mol. The van der Waals surface area contributed by atoms with Crippen LogP contribution in [0.15, 0.2) is 48.5 Å². The number of ether oxygens (including phenoxy) is 1. The fourth-order valence-electron chi connectivity index (χ4n) is 3.13. The van der Waals surface area contributed by atoms with Crippen molar-refractivity contribution in [3.63, 3.8) is 0 Å². The molecule has 22 heavy (non-hydrogen) atoms. The van der Waals surface area contributed by atoms with Gasteiger partial charge in [-0.15, -0.1) is 0 Å². The van der Waals surface area contributed by atoms with E-state index in [-0.39, 0.29) is 5.60 Å². The zero-order chi connectivity index (χ0) is 15.6. The van der Waals surface area contributed by atoms with E-state index < -0.39 is 0 Å². The molecule has 0 atom stereocenters. The normalized spacial score (nSPS) is 16.0. The van der Waals surface area contributed by atoms with Crippen molar-refractivity contribution in [2.45, 2.75) is 38.8 Å². The molecule has 2 N–H and O–H groups in total. The van der Waals surface area contributed by atoms with Gasteiger partial charge in [0.25, 0.3) is 0 Å². The Kier molecular flexibility index (Phi) is 3.97. The molecule has 0 unspecified atom stereocenters. The van der Waals surface area contributed by atoms with Gasteiger partial charge in [0.2, 0.25) is 0 Å². The molecule has 1 aliphatic rings. The molecule has 0 radical (unpaired) electrons. The number of hydrogen-bond donors (Lipinski definition) is 1. The van der Waals surface area contributed by atoms with E-state index in [9.17, 15) is 0 Å². The molecule has 0 fully saturated rings. The van der Waals surface area contributed by atoms with E-state index in [2.05, 4.69) is 49.1 Å². The van der Waals surface area contributed by atoms with E-state index in [4.69, 9.17) is 10.5 Å². The third-order valence-corrected chi connectivity index (χ3v) is 4.63. The van der Waals surface area contributed by atoms with Crippen molar-refractivity contribution in [2.24, 2.45) is 0 Å². The molecule has 3 rings (SSSR count). The van der Waals surface area contributed by atoms with Crippen LogP contribution in [0.3, 0.4) is 0 Å². The highest BCUT2D eigenvalue weighted by Crippen LogP contribution is 2.41. The SMILES string of the molecule is CCC1(CC)CN(Cc2ccccc2)c2cc(N)ccc2O1. The van der Waals surface area contributed by atoms with Crippen molar-refractivity contribution >= 4 is 11.4 Å². The first kappa shape index (κ1) is 14.8. The van der Waals surface area contributed by atoms with Crippen molar-refractivity contribution < 1.29 is 4.74 Å². The Hall–Kier alpha value is -2.16. The molecular formula is C19H24N2O. The lowest BCUT2D eigenvalue weighted by Crippen LogP contribution is -2.50. The van der Waals surface area contributed by atoms with Crippen LogP contribution in [0.5, 0.6) is 5.75 Å². The van der Waals surface area contributed by atoms with Gasteiger partial charge in [0.05, 0.1) is 12.2 Å². The summed E-state index contributed by atoms with van der Waals surface area (Å²) in [6.45, 7) is 6.17. The molecule has 3 heteroatoms. The standard InChI is InChI=1S/C19H24N2O/c1-3-19(4-2)14-21(13-15-8-6-5-7-9-15)17-12-16(20)10-11-18(17)22-19/h5-12H,3-4,13-14,20H2,1-2H3. The van der Waals surface area contributed by atoms with Gasteiger partial charge in [0.1, 0.15) is 11.4 Å². The predicted molar refractivity (Wildman–Crippen MR) is 92.3 cm³/mol. The number of benzene rings is 2. The summed E-state index contributed by atoms with van der Waals surface area (Å²) < 4.78 is 6.34. The van der Waals surface area contributed by atoms with E-state index in [0.717, 1.165) is 43.1 Å². The minimum atomic E-state index is -0.113. The van der Waals surface area contributed by atoms with Gasteiger partial charge in [0, 0.05) is 12.2 Å². The van der Waals surface area contributed by atoms with Gasteiger partial charge in [-0.1, -0.05) is 44.2 Å². The topological polar surface area (TPSA) is 38.5 Å². The second-order valence-corrected chi connectivity index (χ2v) is 6.06. The van der Waals surface area contributed by atoms with Gasteiger partial charge in [-0.2, -0.15) is 0 Å². The van der Waals surface area contributed by atoms with Crippen LogP contribution in [0.1, 0.15) is 32.3 Å². The molecule has 1 aliphatic heterocycles. The Balaban J connectivity index is 1.98. The van der Waals surface area contributed by atoms with Crippen LogP contribution in [0, 0.1) is 0 Å².